The van der Waals surface area contributed by atoms with E-state index in [1.54, 1.807) is 12.1 Å². The minimum atomic E-state index is -0.346. The van der Waals surface area contributed by atoms with E-state index >= 15 is 0 Å². The SMILES string of the molecule is COc1ccc(Cc2nc3c(c4c2[nH]c2ccccc24)CCC(NCc2ccccc2)C3)cc1F. The largest absolute Gasteiger partial charge is 0.494 e. The fourth-order valence-corrected chi connectivity index (χ4v) is 5.37. The third-order valence-electron chi connectivity index (χ3n) is 7.12. The molecule has 5 aromatic rings. The number of pyridine rings is 1. The van der Waals surface area contributed by atoms with E-state index in [0.717, 1.165) is 53.8 Å². The molecule has 0 fully saturated rings. The van der Waals surface area contributed by atoms with Crippen LogP contribution < -0.4 is 10.1 Å². The molecule has 0 saturated carbocycles. The maximum atomic E-state index is 14.4. The number of hydrogen-bond donors (Lipinski definition) is 2. The molecule has 3 aromatic carbocycles. The summed E-state index contributed by atoms with van der Waals surface area (Å²) in [6, 6.07) is 24.5. The fourth-order valence-electron chi connectivity index (χ4n) is 5.37. The van der Waals surface area contributed by atoms with Gasteiger partial charge in [-0.2, -0.15) is 0 Å². The van der Waals surface area contributed by atoms with Crippen LogP contribution in [0.25, 0.3) is 21.8 Å². The topological polar surface area (TPSA) is 49.9 Å². The van der Waals surface area contributed by atoms with Gasteiger partial charge in [0.2, 0.25) is 0 Å². The molecule has 1 atom stereocenters. The lowest BCUT2D eigenvalue weighted by Gasteiger charge is -2.26. The van der Waals surface area contributed by atoms with Crippen molar-refractivity contribution in [3.05, 3.63) is 107 Å². The van der Waals surface area contributed by atoms with Crippen LogP contribution in [0.15, 0.2) is 72.8 Å². The summed E-state index contributed by atoms with van der Waals surface area (Å²) in [7, 11) is 1.49. The van der Waals surface area contributed by atoms with Gasteiger partial charge >= 0.3 is 0 Å². The summed E-state index contributed by atoms with van der Waals surface area (Å²) in [5, 5.41) is 6.25. The number of rotatable bonds is 6. The number of methoxy groups -OCH3 is 1. The zero-order valence-corrected chi connectivity index (χ0v) is 19.8. The molecule has 0 saturated heterocycles. The van der Waals surface area contributed by atoms with E-state index in [4.69, 9.17) is 9.72 Å². The highest BCUT2D eigenvalue weighted by atomic mass is 19.1. The molecule has 2 N–H and O–H groups in total. The van der Waals surface area contributed by atoms with Crippen LogP contribution >= 0.6 is 0 Å². The van der Waals surface area contributed by atoms with Crippen LogP contribution in [0.1, 0.15) is 34.5 Å². The smallest absolute Gasteiger partial charge is 0.165 e. The van der Waals surface area contributed by atoms with Gasteiger partial charge in [-0.3, -0.25) is 4.98 Å². The lowest BCUT2D eigenvalue weighted by Crippen LogP contribution is -2.34. The zero-order valence-electron chi connectivity index (χ0n) is 19.8. The Hall–Kier alpha value is -3.70. The van der Waals surface area contributed by atoms with Crippen LogP contribution in [0.3, 0.4) is 0 Å². The molecule has 0 radical (unpaired) electrons. The molecule has 35 heavy (non-hydrogen) atoms. The van der Waals surface area contributed by atoms with E-state index in [0.29, 0.717) is 12.5 Å². The van der Waals surface area contributed by atoms with E-state index in [1.165, 1.54) is 29.0 Å². The molecule has 4 nitrogen and oxygen atoms in total. The number of aromatic amines is 1. The van der Waals surface area contributed by atoms with Gasteiger partial charge in [0.15, 0.2) is 11.6 Å². The summed E-state index contributed by atoms with van der Waals surface area (Å²) in [5.74, 6) is -0.0868. The first-order valence-electron chi connectivity index (χ1n) is 12.2. The summed E-state index contributed by atoms with van der Waals surface area (Å²) in [6.45, 7) is 0.855. The average molecular weight is 466 g/mol. The molecule has 0 bridgehead atoms. The average Bonchev–Trinajstić information content (AvgIpc) is 3.28. The molecule has 5 heteroatoms. The second-order valence-electron chi connectivity index (χ2n) is 9.36. The highest BCUT2D eigenvalue weighted by Gasteiger charge is 2.25. The van der Waals surface area contributed by atoms with Crippen molar-refractivity contribution >= 4 is 21.8 Å². The van der Waals surface area contributed by atoms with Gasteiger partial charge in [-0.15, -0.1) is 0 Å². The summed E-state index contributed by atoms with van der Waals surface area (Å²) < 4.78 is 19.5. The number of halogens is 1. The molecule has 1 aliphatic rings. The Balaban J connectivity index is 1.38. The molecule has 1 unspecified atom stereocenters. The number of ether oxygens (including phenoxy) is 1. The first kappa shape index (κ1) is 21.8. The number of aromatic nitrogens is 2. The molecule has 176 valence electrons. The van der Waals surface area contributed by atoms with Crippen molar-refractivity contribution in [2.45, 2.75) is 38.3 Å². The van der Waals surface area contributed by atoms with Crippen LogP contribution in [0, 0.1) is 5.82 Å². The molecular weight excluding hydrogens is 437 g/mol. The van der Waals surface area contributed by atoms with Gasteiger partial charge in [0.05, 0.1) is 18.3 Å². The Morgan fingerprint density at radius 3 is 2.69 bits per heavy atom. The third-order valence-corrected chi connectivity index (χ3v) is 7.12. The second-order valence-corrected chi connectivity index (χ2v) is 9.36. The normalized spacial score (nSPS) is 15.4. The van der Waals surface area contributed by atoms with Gasteiger partial charge in [-0.05, 0) is 47.7 Å². The van der Waals surface area contributed by atoms with Gasteiger partial charge in [0.25, 0.3) is 0 Å². The molecule has 0 aliphatic heterocycles. The van der Waals surface area contributed by atoms with Crippen molar-refractivity contribution in [3.8, 4) is 5.75 Å². The van der Waals surface area contributed by atoms with Crippen molar-refractivity contribution in [1.82, 2.24) is 15.3 Å². The van der Waals surface area contributed by atoms with Crippen LogP contribution in [0.2, 0.25) is 0 Å². The lowest BCUT2D eigenvalue weighted by atomic mass is 9.88. The summed E-state index contributed by atoms with van der Waals surface area (Å²) in [6.07, 6.45) is 3.52. The van der Waals surface area contributed by atoms with Crippen LogP contribution in [0.4, 0.5) is 4.39 Å². The predicted octanol–water partition coefficient (Wildman–Crippen LogP) is 6.10. The molecule has 6 rings (SSSR count). The monoisotopic (exact) mass is 465 g/mol. The molecule has 2 aromatic heterocycles. The Kier molecular flexibility index (Phi) is 5.71. The number of benzene rings is 3. The molecule has 0 amide bonds. The number of hydrogen-bond acceptors (Lipinski definition) is 3. The Labute approximate surface area is 204 Å². The van der Waals surface area contributed by atoms with Crippen molar-refractivity contribution in [2.24, 2.45) is 0 Å². The quantitative estimate of drug-likeness (QED) is 0.319. The van der Waals surface area contributed by atoms with E-state index in [1.807, 2.05) is 12.1 Å². The van der Waals surface area contributed by atoms with Crippen molar-refractivity contribution < 1.29 is 9.13 Å². The first-order valence-corrected chi connectivity index (χ1v) is 12.2. The van der Waals surface area contributed by atoms with E-state index in [-0.39, 0.29) is 11.6 Å². The Morgan fingerprint density at radius 2 is 1.86 bits per heavy atom. The van der Waals surface area contributed by atoms with Gasteiger partial charge < -0.3 is 15.0 Å². The van der Waals surface area contributed by atoms with Crippen molar-refractivity contribution in [3.63, 3.8) is 0 Å². The summed E-state index contributed by atoms with van der Waals surface area (Å²) >= 11 is 0. The number of nitrogens with zero attached hydrogens (tertiary/aromatic N) is 1. The molecule has 0 spiro atoms. The number of aryl methyl sites for hydroxylation is 1. The molecule has 1 aliphatic carbocycles. The van der Waals surface area contributed by atoms with E-state index in [2.05, 4.69) is 58.8 Å². The van der Waals surface area contributed by atoms with Gasteiger partial charge in [-0.1, -0.05) is 54.6 Å². The van der Waals surface area contributed by atoms with E-state index in [9.17, 15) is 4.39 Å². The number of fused-ring (bicyclic) bond motifs is 5. The highest BCUT2D eigenvalue weighted by Crippen LogP contribution is 2.36. The Bertz CT molecular complexity index is 1510. The standard InChI is InChI=1S/C30H28FN3O/c1-35-28-14-11-20(15-24(28)31)16-27-30-29(22-9-5-6-10-25(22)34-30)23-13-12-21(17-26(23)33-27)32-18-19-7-3-2-4-8-19/h2-11,14-15,21,32,34H,12-13,16-18H2,1H3. The minimum Gasteiger partial charge on any atom is -0.494 e. The number of para-hydroxylation sites is 1. The van der Waals surface area contributed by atoms with Gasteiger partial charge in [0.1, 0.15) is 0 Å². The van der Waals surface area contributed by atoms with Crippen LogP contribution in [-0.2, 0) is 25.8 Å². The molecular formula is C30H28FN3O. The van der Waals surface area contributed by atoms with Gasteiger partial charge in [-0.25, -0.2) is 4.39 Å². The molecule has 2 heterocycles. The van der Waals surface area contributed by atoms with Gasteiger partial charge in [0, 0.05) is 47.4 Å². The maximum Gasteiger partial charge on any atom is 0.165 e. The zero-order chi connectivity index (χ0) is 23.8. The first-order chi connectivity index (χ1) is 17.2. The summed E-state index contributed by atoms with van der Waals surface area (Å²) in [5.41, 5.74) is 7.82. The van der Waals surface area contributed by atoms with Crippen molar-refractivity contribution in [1.29, 1.82) is 0 Å². The second kappa shape index (κ2) is 9.16. The summed E-state index contributed by atoms with van der Waals surface area (Å²) in [4.78, 5) is 8.80. The minimum absolute atomic E-state index is 0.259. The van der Waals surface area contributed by atoms with E-state index < -0.39 is 0 Å². The third kappa shape index (κ3) is 4.17. The lowest BCUT2D eigenvalue weighted by molar-refractivity contribution is 0.386. The number of H-pyrrole nitrogens is 1. The predicted molar refractivity (Wildman–Crippen MR) is 138 cm³/mol. The Morgan fingerprint density at radius 1 is 1.03 bits per heavy atom. The number of nitrogens with one attached hydrogen (secondary N) is 2. The van der Waals surface area contributed by atoms with Crippen LogP contribution in [0.5, 0.6) is 5.75 Å². The maximum absolute atomic E-state index is 14.4. The highest BCUT2D eigenvalue weighted by molar-refractivity contribution is 6.10. The van der Waals surface area contributed by atoms with Crippen molar-refractivity contribution in [2.75, 3.05) is 7.11 Å². The van der Waals surface area contributed by atoms with Crippen LogP contribution in [-0.4, -0.2) is 23.1 Å². The fraction of sp³-hybridized carbons (Fsp3) is 0.233.